The summed E-state index contributed by atoms with van der Waals surface area (Å²) in [6, 6.07) is 5.83. The molecule has 2 rings (SSSR count). The molecule has 1 aromatic carbocycles. The molecule has 1 saturated heterocycles. The van der Waals surface area contributed by atoms with Gasteiger partial charge in [0.1, 0.15) is 5.75 Å². The summed E-state index contributed by atoms with van der Waals surface area (Å²) in [6.07, 6.45) is 2.64. The van der Waals surface area contributed by atoms with Crippen LogP contribution < -0.4 is 10.5 Å². The highest BCUT2D eigenvalue weighted by Gasteiger charge is 2.23. The number of ether oxygens (including phenoxy) is 1. The Morgan fingerprint density at radius 3 is 2.71 bits per heavy atom. The zero-order valence-corrected chi connectivity index (χ0v) is 13.8. The Morgan fingerprint density at radius 2 is 2.10 bits per heavy atom. The molecule has 0 radical (unpaired) electrons. The zero-order valence-electron chi connectivity index (χ0n) is 13.0. The van der Waals surface area contributed by atoms with E-state index in [1.54, 1.807) is 7.11 Å². The fraction of sp³-hybridized carbons (Fsp3) is 0.625. The van der Waals surface area contributed by atoms with Gasteiger partial charge in [-0.05, 0) is 45.1 Å². The van der Waals surface area contributed by atoms with Gasteiger partial charge < -0.3 is 15.4 Å². The molecule has 1 atom stereocenters. The number of halogens is 1. The lowest BCUT2D eigenvalue weighted by Crippen LogP contribution is -2.37. The normalized spacial score (nSPS) is 17.4. The van der Waals surface area contributed by atoms with Gasteiger partial charge in [0.25, 0.3) is 0 Å². The van der Waals surface area contributed by atoms with Gasteiger partial charge in [-0.3, -0.25) is 4.90 Å². The van der Waals surface area contributed by atoms with Gasteiger partial charge >= 0.3 is 0 Å². The monoisotopic (exact) mass is 311 g/mol. The average Bonchev–Trinajstić information content (AvgIpc) is 3.00. The molecular weight excluding hydrogens is 286 g/mol. The van der Waals surface area contributed by atoms with Crippen LogP contribution in [0.4, 0.5) is 0 Å². The lowest BCUT2D eigenvalue weighted by atomic mass is 10.0. The highest BCUT2D eigenvalue weighted by atomic mass is 35.5. The van der Waals surface area contributed by atoms with Crippen LogP contribution in [0.15, 0.2) is 18.2 Å². The van der Waals surface area contributed by atoms with E-state index in [1.807, 2.05) is 18.2 Å². The Morgan fingerprint density at radius 1 is 1.38 bits per heavy atom. The fourth-order valence-corrected chi connectivity index (χ4v) is 3.29. The molecule has 1 aliphatic heterocycles. The van der Waals surface area contributed by atoms with Crippen molar-refractivity contribution in [2.75, 3.05) is 46.9 Å². The van der Waals surface area contributed by atoms with Gasteiger partial charge in [0.15, 0.2) is 0 Å². The van der Waals surface area contributed by atoms with Crippen LogP contribution in [0.2, 0.25) is 5.02 Å². The summed E-state index contributed by atoms with van der Waals surface area (Å²) in [5.41, 5.74) is 7.01. The predicted octanol–water partition coefficient (Wildman–Crippen LogP) is 2.38. The number of hydrogen-bond acceptors (Lipinski definition) is 4. The summed E-state index contributed by atoms with van der Waals surface area (Å²) in [5.74, 6) is 0.811. The largest absolute Gasteiger partial charge is 0.496 e. The van der Waals surface area contributed by atoms with Crippen molar-refractivity contribution in [3.8, 4) is 5.75 Å². The smallest absolute Gasteiger partial charge is 0.125 e. The van der Waals surface area contributed by atoms with Gasteiger partial charge in [0.2, 0.25) is 0 Å². The van der Waals surface area contributed by atoms with Crippen molar-refractivity contribution >= 4 is 11.6 Å². The lowest BCUT2D eigenvalue weighted by molar-refractivity contribution is 0.206. The van der Waals surface area contributed by atoms with Gasteiger partial charge in [-0.25, -0.2) is 0 Å². The van der Waals surface area contributed by atoms with Crippen molar-refractivity contribution < 1.29 is 4.74 Å². The second-order valence-electron chi connectivity index (χ2n) is 5.64. The summed E-state index contributed by atoms with van der Waals surface area (Å²) in [4.78, 5) is 4.79. The quantitative estimate of drug-likeness (QED) is 0.839. The molecule has 0 bridgehead atoms. The highest BCUT2D eigenvalue weighted by molar-refractivity contribution is 6.31. The molecule has 1 aromatic rings. The predicted molar refractivity (Wildman–Crippen MR) is 88.1 cm³/mol. The molecule has 1 unspecified atom stereocenters. The van der Waals surface area contributed by atoms with Gasteiger partial charge in [-0.2, -0.15) is 0 Å². The Labute approximate surface area is 132 Å². The third kappa shape index (κ3) is 4.10. The van der Waals surface area contributed by atoms with Crippen molar-refractivity contribution in [1.29, 1.82) is 0 Å². The van der Waals surface area contributed by atoms with Crippen LogP contribution >= 0.6 is 11.6 Å². The molecule has 1 heterocycles. The van der Waals surface area contributed by atoms with Crippen molar-refractivity contribution in [2.24, 2.45) is 5.73 Å². The number of benzene rings is 1. The molecular formula is C16H26ClN3O. The van der Waals surface area contributed by atoms with Crippen molar-refractivity contribution in [1.82, 2.24) is 9.80 Å². The first kappa shape index (κ1) is 16.6. The molecule has 1 aliphatic rings. The van der Waals surface area contributed by atoms with Crippen LogP contribution in [0.3, 0.4) is 0 Å². The Balaban J connectivity index is 2.07. The maximum atomic E-state index is 6.38. The highest BCUT2D eigenvalue weighted by Crippen LogP contribution is 2.34. The standard InChI is InChI=1S/C16H26ClN3O/c1-19(10-11-20-8-3-4-9-20)14(12-18)16-13(17)6-5-7-15(16)21-2/h5-7,14H,3-4,8-12,18H2,1-2H3. The number of rotatable bonds is 7. The third-order valence-corrected chi connectivity index (χ3v) is 4.62. The molecule has 0 amide bonds. The second-order valence-corrected chi connectivity index (χ2v) is 6.04. The van der Waals surface area contributed by atoms with Crippen LogP contribution in [-0.4, -0.2) is 56.7 Å². The summed E-state index contributed by atoms with van der Waals surface area (Å²) in [6.45, 7) is 5.03. The second kappa shape index (κ2) is 7.99. The van der Waals surface area contributed by atoms with E-state index in [4.69, 9.17) is 22.1 Å². The average molecular weight is 312 g/mol. The topological polar surface area (TPSA) is 41.7 Å². The van der Waals surface area contributed by atoms with Crippen LogP contribution in [-0.2, 0) is 0 Å². The minimum Gasteiger partial charge on any atom is -0.496 e. The van der Waals surface area contributed by atoms with E-state index in [2.05, 4.69) is 16.8 Å². The van der Waals surface area contributed by atoms with Crippen molar-refractivity contribution in [3.05, 3.63) is 28.8 Å². The number of nitrogens with zero attached hydrogens (tertiary/aromatic N) is 2. The summed E-state index contributed by atoms with van der Waals surface area (Å²) in [7, 11) is 3.78. The third-order valence-electron chi connectivity index (χ3n) is 4.29. The molecule has 21 heavy (non-hydrogen) atoms. The van der Waals surface area contributed by atoms with Crippen molar-refractivity contribution in [2.45, 2.75) is 18.9 Å². The minimum absolute atomic E-state index is 0.0799. The molecule has 0 aliphatic carbocycles. The first-order valence-corrected chi connectivity index (χ1v) is 8.00. The molecule has 0 aromatic heterocycles. The molecule has 0 spiro atoms. The van der Waals surface area contributed by atoms with E-state index < -0.39 is 0 Å². The number of likely N-dealkylation sites (N-methyl/N-ethyl adjacent to an activating group) is 1. The minimum atomic E-state index is 0.0799. The Hall–Kier alpha value is -0.810. The number of hydrogen-bond donors (Lipinski definition) is 1. The molecule has 2 N–H and O–H groups in total. The van der Waals surface area contributed by atoms with Gasteiger partial charge in [-0.15, -0.1) is 0 Å². The van der Waals surface area contributed by atoms with E-state index in [9.17, 15) is 0 Å². The Bertz CT molecular complexity index is 449. The van der Waals surface area contributed by atoms with E-state index in [0.29, 0.717) is 6.54 Å². The van der Waals surface area contributed by atoms with E-state index in [-0.39, 0.29) is 6.04 Å². The Kier molecular flexibility index (Phi) is 6.30. The number of methoxy groups -OCH3 is 1. The van der Waals surface area contributed by atoms with Gasteiger partial charge in [-0.1, -0.05) is 17.7 Å². The molecule has 4 nitrogen and oxygen atoms in total. The molecule has 0 saturated carbocycles. The summed E-state index contributed by atoms with van der Waals surface area (Å²) < 4.78 is 5.46. The van der Waals surface area contributed by atoms with Crippen LogP contribution in [0.5, 0.6) is 5.75 Å². The van der Waals surface area contributed by atoms with Crippen LogP contribution in [0.1, 0.15) is 24.4 Å². The number of nitrogens with two attached hydrogens (primary N) is 1. The fourth-order valence-electron chi connectivity index (χ4n) is 3.00. The molecule has 118 valence electrons. The van der Waals surface area contributed by atoms with E-state index in [0.717, 1.165) is 29.4 Å². The molecule has 1 fully saturated rings. The van der Waals surface area contributed by atoms with E-state index >= 15 is 0 Å². The first-order chi connectivity index (χ1) is 10.2. The van der Waals surface area contributed by atoms with Crippen LogP contribution in [0, 0.1) is 0 Å². The maximum absolute atomic E-state index is 6.38. The summed E-state index contributed by atoms with van der Waals surface area (Å²) in [5, 5.41) is 0.720. The summed E-state index contributed by atoms with van der Waals surface area (Å²) >= 11 is 6.38. The molecule has 5 heteroatoms. The van der Waals surface area contributed by atoms with E-state index in [1.165, 1.54) is 25.9 Å². The van der Waals surface area contributed by atoms with Gasteiger partial charge in [0.05, 0.1) is 13.2 Å². The SMILES string of the molecule is COc1cccc(Cl)c1C(CN)N(C)CCN1CCCC1. The lowest BCUT2D eigenvalue weighted by Gasteiger charge is -2.30. The van der Waals surface area contributed by atoms with Crippen LogP contribution in [0.25, 0.3) is 0 Å². The van der Waals surface area contributed by atoms with Gasteiger partial charge in [0, 0.05) is 30.2 Å². The zero-order chi connectivity index (χ0) is 15.2. The van der Waals surface area contributed by atoms with Crippen molar-refractivity contribution in [3.63, 3.8) is 0 Å². The first-order valence-electron chi connectivity index (χ1n) is 7.62. The maximum Gasteiger partial charge on any atom is 0.125 e. The number of likely N-dealkylation sites (tertiary alicyclic amines) is 1.